The molecule has 0 atom stereocenters. The van der Waals surface area contributed by atoms with Gasteiger partial charge in [0.1, 0.15) is 17.2 Å². The Bertz CT molecular complexity index is 1200. The summed E-state index contributed by atoms with van der Waals surface area (Å²) in [5, 5.41) is 6.00. The second-order valence-electron chi connectivity index (χ2n) is 9.94. The van der Waals surface area contributed by atoms with Gasteiger partial charge in [-0.15, -0.1) is 0 Å². The van der Waals surface area contributed by atoms with E-state index in [4.69, 9.17) is 4.74 Å². The maximum Gasteiger partial charge on any atom is 0.319 e. The van der Waals surface area contributed by atoms with Gasteiger partial charge in [0.15, 0.2) is 5.78 Å². The number of pyridine rings is 1. The van der Waals surface area contributed by atoms with Gasteiger partial charge in [0.25, 0.3) is 0 Å². The maximum atomic E-state index is 12.7. The van der Waals surface area contributed by atoms with Crippen LogP contribution in [-0.4, -0.2) is 16.8 Å². The molecule has 2 amide bonds. The van der Waals surface area contributed by atoms with Crippen molar-refractivity contribution in [2.75, 3.05) is 5.32 Å². The molecular formula is C31H39N3O3. The quantitative estimate of drug-likeness (QED) is 0.196. The zero-order valence-electron chi connectivity index (χ0n) is 22.7. The summed E-state index contributed by atoms with van der Waals surface area (Å²) in [4.78, 5) is 28.7. The van der Waals surface area contributed by atoms with Crippen molar-refractivity contribution >= 4 is 17.5 Å². The van der Waals surface area contributed by atoms with Crippen molar-refractivity contribution in [2.45, 2.75) is 73.3 Å². The van der Waals surface area contributed by atoms with Crippen LogP contribution in [0.4, 0.5) is 10.5 Å². The molecule has 0 fully saturated rings. The van der Waals surface area contributed by atoms with E-state index in [1.165, 1.54) is 24.0 Å². The third kappa shape index (κ3) is 8.74. The molecule has 0 bridgehead atoms. The maximum absolute atomic E-state index is 12.7. The average Bonchev–Trinajstić information content (AvgIpc) is 2.88. The Morgan fingerprint density at radius 3 is 2.38 bits per heavy atom. The fourth-order valence-electron chi connectivity index (χ4n) is 4.04. The minimum atomic E-state index is -0.225. The summed E-state index contributed by atoms with van der Waals surface area (Å²) in [5.74, 6) is 1.89. The summed E-state index contributed by atoms with van der Waals surface area (Å²) in [6.07, 6.45) is 6.45. The number of carbonyl (C=O) groups is 2. The largest absolute Gasteiger partial charge is 0.457 e. The summed E-state index contributed by atoms with van der Waals surface area (Å²) in [6, 6.07) is 14.9. The number of ketones is 1. The molecule has 0 aliphatic rings. The lowest BCUT2D eigenvalue weighted by molar-refractivity contribution is 0.0983. The highest BCUT2D eigenvalue weighted by molar-refractivity contribution is 5.94. The van der Waals surface area contributed by atoms with Gasteiger partial charge < -0.3 is 15.4 Å². The van der Waals surface area contributed by atoms with Crippen molar-refractivity contribution in [3.05, 3.63) is 82.7 Å². The number of rotatable bonds is 12. The van der Waals surface area contributed by atoms with Gasteiger partial charge in [0.2, 0.25) is 0 Å². The number of benzene rings is 2. The second kappa shape index (κ2) is 13.6. The van der Waals surface area contributed by atoms with E-state index >= 15 is 0 Å². The van der Waals surface area contributed by atoms with E-state index in [2.05, 4.69) is 55.4 Å². The number of nitrogens with zero attached hydrogens (tertiary/aromatic N) is 1. The molecule has 2 aromatic carbocycles. The van der Waals surface area contributed by atoms with Gasteiger partial charge in [0, 0.05) is 30.9 Å². The van der Waals surface area contributed by atoms with E-state index in [9.17, 15) is 9.59 Å². The highest BCUT2D eigenvalue weighted by atomic mass is 16.5. The molecule has 37 heavy (non-hydrogen) atoms. The standard InChI is InChI=1S/C31H39N3O3/c1-6-30(35)29-19-27(15-16-32-29)37-26-13-11-24(12-14-26)20-33-31(36)34-28-18-23(5)22(4)17-25(28)10-8-7-9-21(2)3/h11-19,21H,6-10,20H2,1-5H3,(H2,33,34,36). The van der Waals surface area contributed by atoms with E-state index in [1.54, 1.807) is 25.3 Å². The number of urea groups is 1. The van der Waals surface area contributed by atoms with Gasteiger partial charge in [0.05, 0.1) is 0 Å². The average molecular weight is 502 g/mol. The van der Waals surface area contributed by atoms with Gasteiger partial charge in [-0.05, 0) is 79.1 Å². The van der Waals surface area contributed by atoms with Crippen LogP contribution in [0.5, 0.6) is 11.5 Å². The zero-order valence-corrected chi connectivity index (χ0v) is 22.7. The van der Waals surface area contributed by atoms with Crippen LogP contribution < -0.4 is 15.4 Å². The van der Waals surface area contributed by atoms with Crippen LogP contribution in [0.25, 0.3) is 0 Å². The monoisotopic (exact) mass is 501 g/mol. The van der Waals surface area contributed by atoms with Crippen molar-refractivity contribution in [1.29, 1.82) is 0 Å². The molecule has 1 aromatic heterocycles. The van der Waals surface area contributed by atoms with Gasteiger partial charge in [-0.1, -0.05) is 51.8 Å². The van der Waals surface area contributed by atoms with Crippen LogP contribution in [0.3, 0.4) is 0 Å². The topological polar surface area (TPSA) is 80.3 Å². The molecule has 0 aliphatic carbocycles. The van der Waals surface area contributed by atoms with Gasteiger partial charge in [-0.2, -0.15) is 0 Å². The van der Waals surface area contributed by atoms with Crippen LogP contribution in [0.1, 0.15) is 79.2 Å². The van der Waals surface area contributed by atoms with Crippen LogP contribution >= 0.6 is 0 Å². The van der Waals surface area contributed by atoms with E-state index in [1.807, 2.05) is 24.3 Å². The van der Waals surface area contributed by atoms with E-state index in [-0.39, 0.29) is 11.8 Å². The fraction of sp³-hybridized carbons (Fsp3) is 0.387. The first kappa shape index (κ1) is 27.9. The van der Waals surface area contributed by atoms with Gasteiger partial charge >= 0.3 is 6.03 Å². The Hall–Kier alpha value is -3.67. The summed E-state index contributed by atoms with van der Waals surface area (Å²) >= 11 is 0. The molecule has 0 saturated carbocycles. The van der Waals surface area contributed by atoms with E-state index < -0.39 is 0 Å². The normalized spacial score (nSPS) is 10.9. The van der Waals surface area contributed by atoms with E-state index in [0.717, 1.165) is 29.7 Å². The van der Waals surface area contributed by atoms with Crippen LogP contribution in [0.2, 0.25) is 0 Å². The van der Waals surface area contributed by atoms with Crippen LogP contribution in [0, 0.1) is 19.8 Å². The van der Waals surface area contributed by atoms with Crippen molar-refractivity contribution in [3.63, 3.8) is 0 Å². The third-order valence-electron chi connectivity index (χ3n) is 6.40. The van der Waals surface area contributed by atoms with Crippen molar-refractivity contribution in [1.82, 2.24) is 10.3 Å². The lowest BCUT2D eigenvalue weighted by atomic mass is 9.98. The Labute approximate surface area is 220 Å². The number of carbonyl (C=O) groups excluding carboxylic acids is 2. The number of nitrogens with one attached hydrogen (secondary N) is 2. The smallest absolute Gasteiger partial charge is 0.319 e. The first-order valence-corrected chi connectivity index (χ1v) is 13.2. The Morgan fingerprint density at radius 2 is 1.68 bits per heavy atom. The minimum Gasteiger partial charge on any atom is -0.457 e. The highest BCUT2D eigenvalue weighted by Crippen LogP contribution is 2.24. The highest BCUT2D eigenvalue weighted by Gasteiger charge is 2.10. The lowest BCUT2D eigenvalue weighted by Crippen LogP contribution is -2.28. The molecule has 3 aromatic rings. The first-order chi connectivity index (χ1) is 17.7. The number of Topliss-reactive ketones (excluding diaryl/α,β-unsaturated/α-hetero) is 1. The van der Waals surface area contributed by atoms with E-state index in [0.29, 0.717) is 36.1 Å². The lowest BCUT2D eigenvalue weighted by Gasteiger charge is -2.15. The number of amides is 2. The molecule has 0 saturated heterocycles. The molecule has 6 nitrogen and oxygen atoms in total. The Kier molecular flexibility index (Phi) is 10.2. The van der Waals surface area contributed by atoms with Gasteiger partial charge in [-0.3, -0.25) is 9.78 Å². The number of hydrogen-bond donors (Lipinski definition) is 2. The SMILES string of the molecule is CCC(=O)c1cc(Oc2ccc(CNC(=O)Nc3cc(C)c(C)cc3CCCCC(C)C)cc2)ccn1. The molecule has 0 spiro atoms. The fourth-order valence-corrected chi connectivity index (χ4v) is 4.04. The molecule has 0 unspecified atom stereocenters. The van der Waals surface area contributed by atoms with Crippen LogP contribution in [0.15, 0.2) is 54.7 Å². The molecule has 0 aliphatic heterocycles. The number of aromatic nitrogens is 1. The number of hydrogen-bond acceptors (Lipinski definition) is 4. The molecular weight excluding hydrogens is 462 g/mol. The summed E-state index contributed by atoms with van der Waals surface area (Å²) in [5.41, 5.74) is 5.82. The van der Waals surface area contributed by atoms with Crippen molar-refractivity contribution in [3.8, 4) is 11.5 Å². The molecule has 1 heterocycles. The summed E-state index contributed by atoms with van der Waals surface area (Å²) in [7, 11) is 0. The molecule has 6 heteroatoms. The first-order valence-electron chi connectivity index (χ1n) is 13.2. The summed E-state index contributed by atoms with van der Waals surface area (Å²) in [6.45, 7) is 10.9. The Balaban J connectivity index is 1.55. The number of aryl methyl sites for hydroxylation is 3. The van der Waals surface area contributed by atoms with Crippen LogP contribution in [-0.2, 0) is 13.0 Å². The van der Waals surface area contributed by atoms with Crippen molar-refractivity contribution < 1.29 is 14.3 Å². The predicted molar refractivity (Wildman–Crippen MR) is 150 cm³/mol. The minimum absolute atomic E-state index is 0.0239. The third-order valence-corrected chi connectivity index (χ3v) is 6.40. The summed E-state index contributed by atoms with van der Waals surface area (Å²) < 4.78 is 5.87. The van der Waals surface area contributed by atoms with Crippen molar-refractivity contribution in [2.24, 2.45) is 5.92 Å². The molecule has 196 valence electrons. The Morgan fingerprint density at radius 1 is 0.946 bits per heavy atom. The number of unbranched alkanes of at least 4 members (excludes halogenated alkanes) is 1. The second-order valence-corrected chi connectivity index (χ2v) is 9.94. The molecule has 3 rings (SSSR count). The molecule has 2 N–H and O–H groups in total. The predicted octanol–water partition coefficient (Wildman–Crippen LogP) is 7.77. The number of ether oxygens (including phenoxy) is 1. The molecule has 0 radical (unpaired) electrons. The zero-order chi connectivity index (χ0) is 26.8. The number of anilines is 1. The van der Waals surface area contributed by atoms with Gasteiger partial charge in [-0.25, -0.2) is 4.79 Å².